The number of fused-ring (bicyclic) bond motifs is 1. The Labute approximate surface area is 171 Å². The molecule has 3 aromatic rings. The highest BCUT2D eigenvalue weighted by molar-refractivity contribution is 5.83. The third-order valence-electron chi connectivity index (χ3n) is 3.85. The Morgan fingerprint density at radius 3 is 2.28 bits per heavy atom. The minimum absolute atomic E-state index is 0.285. The predicted molar refractivity (Wildman–Crippen MR) is 119 cm³/mol. The Kier molecular flexibility index (Phi) is 7.88. The smallest absolute Gasteiger partial charge is 0.331 e. The number of nitrogens with one attached hydrogen (secondary N) is 1. The van der Waals surface area contributed by atoms with Crippen molar-refractivity contribution in [2.75, 3.05) is 12.4 Å². The fraction of sp³-hybridized carbons (Fsp3) is 0.160. The van der Waals surface area contributed by atoms with Gasteiger partial charge >= 0.3 is 5.97 Å². The van der Waals surface area contributed by atoms with E-state index in [1.807, 2.05) is 18.2 Å². The van der Waals surface area contributed by atoms with Crippen LogP contribution in [0.1, 0.15) is 19.4 Å². The van der Waals surface area contributed by atoms with Crippen molar-refractivity contribution in [3.8, 4) is 11.8 Å². The molecule has 3 rings (SSSR count). The summed E-state index contributed by atoms with van der Waals surface area (Å²) in [5.41, 5.74) is 1.84. The molecule has 0 amide bonds. The molecule has 0 aliphatic heterocycles. The number of carboxylic acids is 1. The van der Waals surface area contributed by atoms with E-state index < -0.39 is 5.97 Å². The normalized spacial score (nSPS) is 10.4. The molecular formula is C25H25NO3. The average Bonchev–Trinajstić information content (AvgIpc) is 2.71. The molecule has 0 saturated heterocycles. The second kappa shape index (κ2) is 10.6. The van der Waals surface area contributed by atoms with Gasteiger partial charge in [0.25, 0.3) is 0 Å². The molecule has 0 aromatic heterocycles. The van der Waals surface area contributed by atoms with E-state index in [9.17, 15) is 4.79 Å². The summed E-state index contributed by atoms with van der Waals surface area (Å²) >= 11 is 0. The van der Waals surface area contributed by atoms with Gasteiger partial charge in [-0.25, -0.2) is 4.79 Å². The van der Waals surface area contributed by atoms with E-state index in [1.54, 1.807) is 0 Å². The van der Waals surface area contributed by atoms with Gasteiger partial charge in [-0.3, -0.25) is 0 Å². The SMILES string of the molecule is CC(C)(C#Cc1ccc2ccccc2c1)Nc1ccccc1.COC=CC(=O)O. The number of ether oxygens (including phenoxy) is 1. The van der Waals surface area contributed by atoms with Crippen LogP contribution in [-0.4, -0.2) is 23.7 Å². The minimum Gasteiger partial charge on any atom is -0.504 e. The summed E-state index contributed by atoms with van der Waals surface area (Å²) in [7, 11) is 1.39. The Morgan fingerprint density at radius 2 is 1.66 bits per heavy atom. The molecule has 0 aliphatic rings. The molecule has 0 aliphatic carbocycles. The lowest BCUT2D eigenvalue weighted by Gasteiger charge is -2.21. The first kappa shape index (κ1) is 21.6. The van der Waals surface area contributed by atoms with Crippen LogP contribution in [0.25, 0.3) is 10.8 Å². The first-order chi connectivity index (χ1) is 13.9. The largest absolute Gasteiger partial charge is 0.504 e. The standard InChI is InChI=1S/C21H19N.C4H6O3/c1-21(2,22-20-10-4-3-5-11-20)15-14-17-12-13-18-8-6-7-9-19(18)16-17;1-7-3-2-4(5)6/h3-13,16,22H,1-2H3;2-3H,1H3,(H,5,6). The van der Waals surface area contributed by atoms with Crippen LogP contribution in [-0.2, 0) is 9.53 Å². The summed E-state index contributed by atoms with van der Waals surface area (Å²) in [6.45, 7) is 4.18. The number of para-hydroxylation sites is 1. The van der Waals surface area contributed by atoms with Gasteiger partial charge in [0.05, 0.1) is 25.0 Å². The molecule has 0 bridgehead atoms. The third kappa shape index (κ3) is 7.82. The van der Waals surface area contributed by atoms with Crippen molar-refractivity contribution in [2.24, 2.45) is 0 Å². The van der Waals surface area contributed by atoms with E-state index in [-0.39, 0.29) is 5.54 Å². The topological polar surface area (TPSA) is 58.6 Å². The fourth-order valence-electron chi connectivity index (χ4n) is 2.54. The summed E-state index contributed by atoms with van der Waals surface area (Å²) in [4.78, 5) is 9.59. The number of carbonyl (C=O) groups is 1. The first-order valence-electron chi connectivity index (χ1n) is 9.17. The lowest BCUT2D eigenvalue weighted by Crippen LogP contribution is -2.28. The van der Waals surface area contributed by atoms with Crippen molar-refractivity contribution in [1.29, 1.82) is 0 Å². The summed E-state index contributed by atoms with van der Waals surface area (Å²) in [6.07, 6.45) is 2.02. The third-order valence-corrected chi connectivity index (χ3v) is 3.85. The van der Waals surface area contributed by atoms with Gasteiger partial charge in [-0.1, -0.05) is 60.4 Å². The van der Waals surface area contributed by atoms with Crippen molar-refractivity contribution >= 4 is 22.4 Å². The number of rotatable bonds is 4. The zero-order valence-corrected chi connectivity index (χ0v) is 16.8. The summed E-state index contributed by atoms with van der Waals surface area (Å²) in [6, 6.07) is 24.9. The molecule has 0 atom stereocenters. The molecule has 4 nitrogen and oxygen atoms in total. The van der Waals surface area contributed by atoms with Crippen molar-refractivity contribution in [2.45, 2.75) is 19.4 Å². The van der Waals surface area contributed by atoms with Crippen LogP contribution in [0, 0.1) is 11.8 Å². The van der Waals surface area contributed by atoms with Gasteiger partial charge in [0.1, 0.15) is 0 Å². The van der Waals surface area contributed by atoms with Crippen molar-refractivity contribution in [3.05, 3.63) is 90.7 Å². The molecule has 4 heteroatoms. The number of methoxy groups -OCH3 is 1. The number of anilines is 1. The molecule has 0 fully saturated rings. The maximum Gasteiger partial charge on any atom is 0.331 e. The first-order valence-corrected chi connectivity index (χ1v) is 9.17. The van der Waals surface area contributed by atoms with E-state index in [2.05, 4.69) is 90.3 Å². The van der Waals surface area contributed by atoms with Crippen LogP contribution in [0.5, 0.6) is 0 Å². The molecule has 2 N–H and O–H groups in total. The van der Waals surface area contributed by atoms with Crippen LogP contribution in [0.4, 0.5) is 5.69 Å². The summed E-state index contributed by atoms with van der Waals surface area (Å²) in [5.74, 6) is 5.61. The van der Waals surface area contributed by atoms with Crippen LogP contribution in [0.15, 0.2) is 85.1 Å². The summed E-state index contributed by atoms with van der Waals surface area (Å²) < 4.78 is 4.29. The maximum atomic E-state index is 9.59. The number of carboxylic acid groups (broad SMARTS) is 1. The number of hydrogen-bond acceptors (Lipinski definition) is 3. The second-order valence-electron chi connectivity index (χ2n) is 6.80. The zero-order valence-electron chi connectivity index (χ0n) is 16.8. The number of hydrogen-bond donors (Lipinski definition) is 2. The average molecular weight is 387 g/mol. The summed E-state index contributed by atoms with van der Waals surface area (Å²) in [5, 5.41) is 13.8. The van der Waals surface area contributed by atoms with E-state index >= 15 is 0 Å². The van der Waals surface area contributed by atoms with Gasteiger partial charge in [0.15, 0.2) is 0 Å². The molecule has 29 heavy (non-hydrogen) atoms. The lowest BCUT2D eigenvalue weighted by molar-refractivity contribution is -0.131. The number of aliphatic carboxylic acids is 1. The Balaban J connectivity index is 0.000000370. The van der Waals surface area contributed by atoms with Crippen LogP contribution in [0.2, 0.25) is 0 Å². The molecule has 148 valence electrons. The van der Waals surface area contributed by atoms with Crippen LogP contribution in [0.3, 0.4) is 0 Å². The van der Waals surface area contributed by atoms with Gasteiger partial charge in [-0.2, -0.15) is 0 Å². The molecule has 3 aromatic carbocycles. The molecule has 0 spiro atoms. The molecule has 0 radical (unpaired) electrons. The highest BCUT2D eigenvalue weighted by atomic mass is 16.5. The van der Waals surface area contributed by atoms with E-state index in [4.69, 9.17) is 5.11 Å². The van der Waals surface area contributed by atoms with Gasteiger partial charge in [-0.15, -0.1) is 0 Å². The highest BCUT2D eigenvalue weighted by Crippen LogP contribution is 2.16. The second-order valence-corrected chi connectivity index (χ2v) is 6.80. The Morgan fingerprint density at radius 1 is 1.00 bits per heavy atom. The zero-order chi connectivity index (χ0) is 21.1. The van der Waals surface area contributed by atoms with Gasteiger partial charge in [0, 0.05) is 11.3 Å². The minimum atomic E-state index is -0.998. The predicted octanol–water partition coefficient (Wildman–Crippen LogP) is 5.31. The monoisotopic (exact) mass is 387 g/mol. The van der Waals surface area contributed by atoms with Gasteiger partial charge < -0.3 is 15.2 Å². The highest BCUT2D eigenvalue weighted by Gasteiger charge is 2.13. The Bertz CT molecular complexity index is 1030. The van der Waals surface area contributed by atoms with E-state index in [0.717, 1.165) is 23.6 Å². The molecule has 0 heterocycles. The molecule has 0 unspecified atom stereocenters. The van der Waals surface area contributed by atoms with Gasteiger partial charge in [-0.05, 0) is 48.9 Å². The maximum absolute atomic E-state index is 9.59. The quantitative estimate of drug-likeness (QED) is 0.362. The van der Waals surface area contributed by atoms with Crippen molar-refractivity contribution in [1.82, 2.24) is 0 Å². The Hall–Kier alpha value is -3.71. The van der Waals surface area contributed by atoms with E-state index in [0.29, 0.717) is 0 Å². The van der Waals surface area contributed by atoms with Crippen LogP contribution < -0.4 is 5.32 Å². The van der Waals surface area contributed by atoms with Crippen molar-refractivity contribution < 1.29 is 14.6 Å². The van der Waals surface area contributed by atoms with Crippen LogP contribution >= 0.6 is 0 Å². The lowest BCUT2D eigenvalue weighted by atomic mass is 10.0. The van der Waals surface area contributed by atoms with E-state index in [1.165, 1.54) is 17.9 Å². The van der Waals surface area contributed by atoms with Gasteiger partial charge in [0.2, 0.25) is 0 Å². The fourth-order valence-corrected chi connectivity index (χ4v) is 2.54. The number of benzene rings is 3. The van der Waals surface area contributed by atoms with Crippen molar-refractivity contribution in [3.63, 3.8) is 0 Å². The molecular weight excluding hydrogens is 362 g/mol. The molecule has 0 saturated carbocycles.